The van der Waals surface area contributed by atoms with Crippen LogP contribution in [0.15, 0.2) is 28.8 Å². The summed E-state index contributed by atoms with van der Waals surface area (Å²) in [6, 6.07) is 8.55. The van der Waals surface area contributed by atoms with Gasteiger partial charge < -0.3 is 9.42 Å². The van der Waals surface area contributed by atoms with Gasteiger partial charge in [0.05, 0.1) is 6.54 Å². The summed E-state index contributed by atoms with van der Waals surface area (Å²) < 4.78 is 5.56. The van der Waals surface area contributed by atoms with Gasteiger partial charge in [-0.1, -0.05) is 29.4 Å². The monoisotopic (exact) mass is 366 g/mol. The molecule has 2 aromatic rings. The fourth-order valence-electron chi connectivity index (χ4n) is 4.86. The van der Waals surface area contributed by atoms with Gasteiger partial charge in [0.15, 0.2) is 0 Å². The van der Waals surface area contributed by atoms with Crippen LogP contribution in [-0.2, 0) is 11.3 Å². The molecular weight excluding hydrogens is 340 g/mol. The minimum Gasteiger partial charge on any atom is -0.338 e. The predicted octanol–water partition coefficient (Wildman–Crippen LogP) is 3.16. The fourth-order valence-corrected chi connectivity index (χ4v) is 4.86. The molecule has 3 fully saturated rings. The van der Waals surface area contributed by atoms with Crippen LogP contribution in [0.25, 0.3) is 11.4 Å². The van der Waals surface area contributed by atoms with E-state index in [9.17, 15) is 4.79 Å². The first kappa shape index (κ1) is 16.9. The molecule has 2 saturated heterocycles. The summed E-state index contributed by atoms with van der Waals surface area (Å²) in [5.74, 6) is 1.57. The molecule has 1 aromatic carbocycles. The Morgan fingerprint density at radius 2 is 1.96 bits per heavy atom. The van der Waals surface area contributed by atoms with Gasteiger partial charge >= 0.3 is 0 Å². The highest BCUT2D eigenvalue weighted by atomic mass is 16.5. The van der Waals surface area contributed by atoms with E-state index in [-0.39, 0.29) is 5.54 Å². The maximum Gasteiger partial charge on any atom is 0.243 e. The molecule has 6 heteroatoms. The number of aryl methyl sites for hydroxylation is 1. The molecular formula is C21H26N4O2. The molecule has 5 rings (SSSR count). The molecule has 6 nitrogen and oxygen atoms in total. The van der Waals surface area contributed by atoms with Crippen molar-refractivity contribution in [3.63, 3.8) is 0 Å². The third-order valence-corrected chi connectivity index (χ3v) is 6.44. The van der Waals surface area contributed by atoms with Gasteiger partial charge in [-0.15, -0.1) is 0 Å². The minimum atomic E-state index is -0.349. The highest BCUT2D eigenvalue weighted by molar-refractivity contribution is 5.88. The van der Waals surface area contributed by atoms with E-state index in [0.29, 0.717) is 30.2 Å². The van der Waals surface area contributed by atoms with Gasteiger partial charge in [-0.3, -0.25) is 9.69 Å². The SMILES string of the molecule is Cc1ccccc1-c1noc(CN2CCCC23CCCN(C2CC2)C3=O)n1. The van der Waals surface area contributed by atoms with Crippen molar-refractivity contribution in [2.75, 3.05) is 13.1 Å². The summed E-state index contributed by atoms with van der Waals surface area (Å²) in [5, 5.41) is 4.19. The van der Waals surface area contributed by atoms with E-state index in [1.807, 2.05) is 31.2 Å². The molecule has 0 N–H and O–H groups in total. The van der Waals surface area contributed by atoms with Gasteiger partial charge in [-0.25, -0.2) is 0 Å². The molecule has 3 heterocycles. The van der Waals surface area contributed by atoms with E-state index < -0.39 is 0 Å². The molecule has 1 atom stereocenters. The molecule has 142 valence electrons. The maximum atomic E-state index is 13.3. The second-order valence-electron chi connectivity index (χ2n) is 8.22. The third-order valence-electron chi connectivity index (χ3n) is 6.44. The second-order valence-corrected chi connectivity index (χ2v) is 8.22. The topological polar surface area (TPSA) is 62.5 Å². The lowest BCUT2D eigenvalue weighted by atomic mass is 9.85. The zero-order valence-electron chi connectivity index (χ0n) is 15.9. The molecule has 0 bridgehead atoms. The lowest BCUT2D eigenvalue weighted by Gasteiger charge is -2.44. The largest absolute Gasteiger partial charge is 0.338 e. The van der Waals surface area contributed by atoms with Crippen LogP contribution in [0.3, 0.4) is 0 Å². The van der Waals surface area contributed by atoms with Crippen molar-refractivity contribution < 1.29 is 9.32 Å². The van der Waals surface area contributed by atoms with Crippen molar-refractivity contribution in [3.8, 4) is 11.4 Å². The number of amides is 1. The van der Waals surface area contributed by atoms with E-state index in [1.54, 1.807) is 0 Å². The van der Waals surface area contributed by atoms with Crippen LogP contribution in [0.5, 0.6) is 0 Å². The predicted molar refractivity (Wildman–Crippen MR) is 101 cm³/mol. The van der Waals surface area contributed by atoms with E-state index in [2.05, 4.69) is 19.9 Å². The Balaban J connectivity index is 1.37. The first-order valence-corrected chi connectivity index (χ1v) is 10.1. The molecule has 0 radical (unpaired) electrons. The number of carbonyl (C=O) groups is 1. The van der Waals surface area contributed by atoms with Crippen LogP contribution in [0.1, 0.15) is 50.0 Å². The molecule has 1 aliphatic carbocycles. The van der Waals surface area contributed by atoms with E-state index >= 15 is 0 Å². The van der Waals surface area contributed by atoms with Crippen molar-refractivity contribution in [2.45, 2.75) is 63.6 Å². The molecule has 1 unspecified atom stereocenters. The Kier molecular flexibility index (Phi) is 4.04. The third kappa shape index (κ3) is 2.87. The first-order chi connectivity index (χ1) is 13.2. The number of piperidine rings is 1. The summed E-state index contributed by atoms with van der Waals surface area (Å²) in [4.78, 5) is 22.4. The zero-order valence-corrected chi connectivity index (χ0v) is 15.9. The van der Waals surface area contributed by atoms with Gasteiger partial charge in [-0.2, -0.15) is 4.98 Å². The average molecular weight is 366 g/mol. The number of carbonyl (C=O) groups excluding carboxylic acids is 1. The summed E-state index contributed by atoms with van der Waals surface area (Å²) in [6.45, 7) is 4.46. The number of rotatable bonds is 4. The molecule has 1 amide bonds. The van der Waals surface area contributed by atoms with Crippen LogP contribution in [-0.4, -0.2) is 50.5 Å². The number of aromatic nitrogens is 2. The normalized spacial score (nSPS) is 26.3. The van der Waals surface area contributed by atoms with E-state index in [1.165, 1.54) is 12.8 Å². The Morgan fingerprint density at radius 1 is 1.19 bits per heavy atom. The van der Waals surface area contributed by atoms with Gasteiger partial charge in [0, 0.05) is 18.2 Å². The highest BCUT2D eigenvalue weighted by Gasteiger charge is 2.53. The lowest BCUT2D eigenvalue weighted by Crippen LogP contribution is -2.60. The first-order valence-electron chi connectivity index (χ1n) is 10.1. The van der Waals surface area contributed by atoms with E-state index in [0.717, 1.165) is 49.9 Å². The smallest absolute Gasteiger partial charge is 0.243 e. The maximum absolute atomic E-state index is 13.3. The van der Waals surface area contributed by atoms with Crippen LogP contribution in [0.4, 0.5) is 0 Å². The Labute approximate surface area is 159 Å². The summed E-state index contributed by atoms with van der Waals surface area (Å²) in [7, 11) is 0. The van der Waals surface area contributed by atoms with Gasteiger partial charge in [0.2, 0.25) is 17.6 Å². The molecule has 1 spiro atoms. The summed E-state index contributed by atoms with van der Waals surface area (Å²) in [5.41, 5.74) is 1.78. The van der Waals surface area contributed by atoms with Crippen LogP contribution >= 0.6 is 0 Å². The van der Waals surface area contributed by atoms with Crippen LogP contribution < -0.4 is 0 Å². The van der Waals surface area contributed by atoms with Crippen LogP contribution in [0, 0.1) is 6.92 Å². The molecule has 2 aliphatic heterocycles. The van der Waals surface area contributed by atoms with Crippen molar-refractivity contribution in [2.24, 2.45) is 0 Å². The van der Waals surface area contributed by atoms with Crippen molar-refractivity contribution in [1.29, 1.82) is 0 Å². The highest BCUT2D eigenvalue weighted by Crippen LogP contribution is 2.42. The van der Waals surface area contributed by atoms with Gasteiger partial charge in [-0.05, 0) is 57.6 Å². The lowest BCUT2D eigenvalue weighted by molar-refractivity contribution is -0.148. The van der Waals surface area contributed by atoms with Gasteiger partial charge in [0.1, 0.15) is 5.54 Å². The molecule has 3 aliphatic rings. The average Bonchev–Trinajstić information content (AvgIpc) is 3.29. The van der Waals surface area contributed by atoms with Crippen molar-refractivity contribution >= 4 is 5.91 Å². The van der Waals surface area contributed by atoms with E-state index in [4.69, 9.17) is 4.52 Å². The Hall–Kier alpha value is -2.21. The standard InChI is InChI=1S/C21H26N4O2/c1-15-6-2-3-7-17(15)19-22-18(27-23-19)14-24-12-4-10-21(24)11-5-13-25(20(21)26)16-8-9-16/h2-3,6-7,16H,4-5,8-14H2,1H3. The van der Waals surface area contributed by atoms with Crippen LogP contribution in [0.2, 0.25) is 0 Å². The quantitative estimate of drug-likeness (QED) is 0.832. The number of nitrogens with zero attached hydrogens (tertiary/aromatic N) is 4. The van der Waals surface area contributed by atoms with Crippen molar-refractivity contribution in [1.82, 2.24) is 19.9 Å². The second kappa shape index (κ2) is 6.44. The Bertz CT molecular complexity index is 859. The molecule has 1 aromatic heterocycles. The summed E-state index contributed by atoms with van der Waals surface area (Å²) >= 11 is 0. The number of hydrogen-bond acceptors (Lipinski definition) is 5. The summed E-state index contributed by atoms with van der Waals surface area (Å²) in [6.07, 6.45) is 6.40. The number of likely N-dealkylation sites (tertiary alicyclic amines) is 2. The van der Waals surface area contributed by atoms with Crippen molar-refractivity contribution in [3.05, 3.63) is 35.7 Å². The molecule has 27 heavy (non-hydrogen) atoms. The number of hydrogen-bond donors (Lipinski definition) is 0. The number of benzene rings is 1. The fraction of sp³-hybridized carbons (Fsp3) is 0.571. The Morgan fingerprint density at radius 3 is 2.74 bits per heavy atom. The minimum absolute atomic E-state index is 0.340. The molecule has 1 saturated carbocycles. The van der Waals surface area contributed by atoms with Gasteiger partial charge in [0.25, 0.3) is 0 Å². The zero-order chi connectivity index (χ0) is 18.4.